The van der Waals surface area contributed by atoms with E-state index < -0.39 is 10.0 Å². The summed E-state index contributed by atoms with van der Waals surface area (Å²) in [4.78, 5) is 6.59. The summed E-state index contributed by atoms with van der Waals surface area (Å²) in [6.07, 6.45) is 4.03. The van der Waals surface area contributed by atoms with Crippen LogP contribution in [0.2, 0.25) is 0 Å². The maximum atomic E-state index is 13.0. The number of hydrogen-bond donors (Lipinski definition) is 1. The number of sulfonamides is 1. The Balaban J connectivity index is 1.82. The molecule has 1 aromatic carbocycles. The first kappa shape index (κ1) is 16.3. The highest BCUT2D eigenvalue weighted by Gasteiger charge is 2.29. The van der Waals surface area contributed by atoms with Gasteiger partial charge in [-0.15, -0.1) is 0 Å². The van der Waals surface area contributed by atoms with Gasteiger partial charge in [-0.2, -0.15) is 4.31 Å². The first-order valence-corrected chi connectivity index (χ1v) is 9.23. The first-order valence-electron chi connectivity index (χ1n) is 7.79. The van der Waals surface area contributed by atoms with E-state index in [1.807, 2.05) is 6.07 Å². The smallest absolute Gasteiger partial charge is 0.243 e. The number of piperazine rings is 1. The molecule has 3 rings (SSSR count). The number of aliphatic hydroxyl groups is 1. The zero-order chi connectivity index (χ0) is 16.3. The summed E-state index contributed by atoms with van der Waals surface area (Å²) in [6.45, 7) is 3.34. The van der Waals surface area contributed by atoms with E-state index in [-0.39, 0.29) is 6.61 Å². The normalized spacial score (nSPS) is 17.6. The maximum absolute atomic E-state index is 13.0. The van der Waals surface area contributed by atoms with Crippen molar-refractivity contribution in [2.45, 2.75) is 11.3 Å². The molecular weight excluding hydrogens is 314 g/mol. The number of aromatic nitrogens is 1. The van der Waals surface area contributed by atoms with Crippen molar-refractivity contribution >= 4 is 20.8 Å². The van der Waals surface area contributed by atoms with Crippen LogP contribution in [0.15, 0.2) is 41.6 Å². The molecule has 1 aliphatic heterocycles. The van der Waals surface area contributed by atoms with Crippen molar-refractivity contribution in [3.8, 4) is 0 Å². The minimum atomic E-state index is -3.50. The second-order valence-corrected chi connectivity index (χ2v) is 7.58. The lowest BCUT2D eigenvalue weighted by Crippen LogP contribution is -2.48. The molecule has 23 heavy (non-hydrogen) atoms. The van der Waals surface area contributed by atoms with E-state index in [2.05, 4.69) is 9.88 Å². The van der Waals surface area contributed by atoms with Gasteiger partial charge in [0.1, 0.15) is 0 Å². The predicted octanol–water partition coefficient (Wildman–Crippen LogP) is 0.923. The van der Waals surface area contributed by atoms with Gasteiger partial charge in [-0.1, -0.05) is 12.1 Å². The number of pyridine rings is 1. The Morgan fingerprint density at radius 3 is 2.65 bits per heavy atom. The highest BCUT2D eigenvalue weighted by atomic mass is 32.2. The van der Waals surface area contributed by atoms with Crippen molar-refractivity contribution in [1.29, 1.82) is 0 Å². The largest absolute Gasteiger partial charge is 0.396 e. The van der Waals surface area contributed by atoms with E-state index in [0.29, 0.717) is 36.5 Å². The molecule has 1 saturated heterocycles. The SMILES string of the molecule is O=S(=O)(c1cccc2cnccc12)N1CCN(CCCO)CC1. The van der Waals surface area contributed by atoms with Gasteiger partial charge in [0.05, 0.1) is 4.90 Å². The summed E-state index contributed by atoms with van der Waals surface area (Å²) < 4.78 is 27.5. The monoisotopic (exact) mass is 335 g/mol. The number of nitrogens with zero attached hydrogens (tertiary/aromatic N) is 3. The third-order valence-corrected chi connectivity index (χ3v) is 6.18. The van der Waals surface area contributed by atoms with Crippen LogP contribution in [0.5, 0.6) is 0 Å². The molecule has 0 bridgehead atoms. The standard InChI is InChI=1S/C16H21N3O3S/c20-12-2-7-18-8-10-19(11-9-18)23(21,22)16-4-1-3-14-13-17-6-5-15(14)16/h1,3-6,13,20H,2,7-12H2. The summed E-state index contributed by atoms with van der Waals surface area (Å²) >= 11 is 0. The van der Waals surface area contributed by atoms with Gasteiger partial charge in [0, 0.05) is 62.5 Å². The van der Waals surface area contributed by atoms with E-state index in [1.54, 1.807) is 34.9 Å². The van der Waals surface area contributed by atoms with Gasteiger partial charge in [0.25, 0.3) is 0 Å². The number of rotatable bonds is 5. The summed E-state index contributed by atoms with van der Waals surface area (Å²) in [5, 5.41) is 10.4. The van der Waals surface area contributed by atoms with E-state index >= 15 is 0 Å². The van der Waals surface area contributed by atoms with Gasteiger partial charge >= 0.3 is 0 Å². The molecule has 1 aliphatic rings. The number of benzene rings is 1. The van der Waals surface area contributed by atoms with Crippen molar-refractivity contribution in [3.63, 3.8) is 0 Å². The summed E-state index contributed by atoms with van der Waals surface area (Å²) in [7, 11) is -3.50. The van der Waals surface area contributed by atoms with Crippen LogP contribution >= 0.6 is 0 Å². The molecule has 0 atom stereocenters. The zero-order valence-electron chi connectivity index (χ0n) is 12.9. The topological polar surface area (TPSA) is 73.7 Å². The highest BCUT2D eigenvalue weighted by molar-refractivity contribution is 7.89. The molecule has 0 radical (unpaired) electrons. The van der Waals surface area contributed by atoms with Gasteiger partial charge in [0.2, 0.25) is 10.0 Å². The van der Waals surface area contributed by atoms with E-state index in [4.69, 9.17) is 5.11 Å². The molecule has 7 heteroatoms. The molecule has 0 amide bonds. The van der Waals surface area contributed by atoms with Gasteiger partial charge in [-0.25, -0.2) is 8.42 Å². The predicted molar refractivity (Wildman–Crippen MR) is 88.6 cm³/mol. The van der Waals surface area contributed by atoms with Crippen LogP contribution in [0.25, 0.3) is 10.8 Å². The van der Waals surface area contributed by atoms with Crippen LogP contribution in [0, 0.1) is 0 Å². The van der Waals surface area contributed by atoms with Gasteiger partial charge in [-0.3, -0.25) is 4.98 Å². The molecule has 0 spiro atoms. The van der Waals surface area contributed by atoms with Crippen LogP contribution < -0.4 is 0 Å². The molecule has 0 aliphatic carbocycles. The second-order valence-electron chi connectivity index (χ2n) is 5.68. The fourth-order valence-corrected chi connectivity index (χ4v) is 4.58. The molecule has 0 saturated carbocycles. The Bertz CT molecular complexity index is 766. The van der Waals surface area contributed by atoms with E-state index in [9.17, 15) is 8.42 Å². The minimum absolute atomic E-state index is 0.169. The molecule has 0 unspecified atom stereocenters. The average molecular weight is 335 g/mol. The van der Waals surface area contributed by atoms with E-state index in [0.717, 1.165) is 18.4 Å². The Morgan fingerprint density at radius 1 is 1.13 bits per heavy atom. The van der Waals surface area contributed by atoms with Crippen molar-refractivity contribution < 1.29 is 13.5 Å². The summed E-state index contributed by atoms with van der Waals surface area (Å²) in [5.74, 6) is 0. The van der Waals surface area contributed by atoms with Gasteiger partial charge in [0.15, 0.2) is 0 Å². The van der Waals surface area contributed by atoms with Crippen molar-refractivity contribution in [2.24, 2.45) is 0 Å². The maximum Gasteiger partial charge on any atom is 0.243 e. The Hall–Kier alpha value is -1.54. The van der Waals surface area contributed by atoms with Gasteiger partial charge < -0.3 is 10.0 Å². The quantitative estimate of drug-likeness (QED) is 0.880. The lowest BCUT2D eigenvalue weighted by Gasteiger charge is -2.34. The Labute approximate surface area is 136 Å². The lowest BCUT2D eigenvalue weighted by atomic mass is 10.2. The van der Waals surface area contributed by atoms with Crippen LogP contribution in [-0.2, 0) is 10.0 Å². The molecule has 1 fully saturated rings. The molecule has 6 nitrogen and oxygen atoms in total. The fraction of sp³-hybridized carbons (Fsp3) is 0.438. The van der Waals surface area contributed by atoms with Crippen molar-refractivity contribution in [2.75, 3.05) is 39.3 Å². The van der Waals surface area contributed by atoms with Crippen LogP contribution in [-0.4, -0.2) is 67.0 Å². The summed E-state index contributed by atoms with van der Waals surface area (Å²) in [5.41, 5.74) is 0. The molecule has 1 N–H and O–H groups in total. The molecular formula is C16H21N3O3S. The average Bonchev–Trinajstić information content (AvgIpc) is 2.59. The summed E-state index contributed by atoms with van der Waals surface area (Å²) in [6, 6.07) is 7.04. The minimum Gasteiger partial charge on any atom is -0.396 e. The Morgan fingerprint density at radius 2 is 1.91 bits per heavy atom. The second kappa shape index (κ2) is 6.92. The van der Waals surface area contributed by atoms with Crippen LogP contribution in [0.3, 0.4) is 0 Å². The van der Waals surface area contributed by atoms with Crippen LogP contribution in [0.1, 0.15) is 6.42 Å². The highest BCUT2D eigenvalue weighted by Crippen LogP contribution is 2.25. The number of fused-ring (bicyclic) bond motifs is 1. The zero-order valence-corrected chi connectivity index (χ0v) is 13.7. The van der Waals surface area contributed by atoms with Gasteiger partial charge in [-0.05, 0) is 18.6 Å². The van der Waals surface area contributed by atoms with Crippen LogP contribution in [0.4, 0.5) is 0 Å². The third kappa shape index (κ3) is 3.37. The third-order valence-electron chi connectivity index (χ3n) is 4.22. The molecule has 2 aromatic rings. The molecule has 124 valence electrons. The fourth-order valence-electron chi connectivity index (χ4n) is 2.94. The molecule has 1 aromatic heterocycles. The Kier molecular flexibility index (Phi) is 4.91. The van der Waals surface area contributed by atoms with Crippen molar-refractivity contribution in [3.05, 3.63) is 36.7 Å². The molecule has 2 heterocycles. The van der Waals surface area contributed by atoms with E-state index in [1.165, 1.54) is 0 Å². The first-order chi connectivity index (χ1) is 11.1. The van der Waals surface area contributed by atoms with Crippen molar-refractivity contribution in [1.82, 2.24) is 14.2 Å². The lowest BCUT2D eigenvalue weighted by molar-refractivity contribution is 0.171. The number of hydrogen-bond acceptors (Lipinski definition) is 5. The number of aliphatic hydroxyl groups excluding tert-OH is 1.